The van der Waals surface area contributed by atoms with E-state index < -0.39 is 6.04 Å². The van der Waals surface area contributed by atoms with Gasteiger partial charge in [-0.25, -0.2) is 9.97 Å². The Hall–Kier alpha value is -4.31. The predicted octanol–water partition coefficient (Wildman–Crippen LogP) is 4.20. The molecule has 11 heteroatoms. The highest BCUT2D eigenvalue weighted by Crippen LogP contribution is 2.32. The van der Waals surface area contributed by atoms with E-state index in [1.165, 1.54) is 6.20 Å². The summed E-state index contributed by atoms with van der Waals surface area (Å²) in [5, 5.41) is 10.6. The van der Waals surface area contributed by atoms with E-state index in [1.54, 1.807) is 35.0 Å². The summed E-state index contributed by atoms with van der Waals surface area (Å²) in [7, 11) is 1.82. The first-order valence-electron chi connectivity index (χ1n) is 12.2. The summed E-state index contributed by atoms with van der Waals surface area (Å²) < 4.78 is 1.67. The van der Waals surface area contributed by atoms with Crippen LogP contribution in [0.3, 0.4) is 0 Å². The van der Waals surface area contributed by atoms with Crippen molar-refractivity contribution in [3.63, 3.8) is 0 Å². The number of pyridine rings is 1. The average Bonchev–Trinajstić information content (AvgIpc) is 3.46. The highest BCUT2D eigenvalue weighted by molar-refractivity contribution is 6.33. The van der Waals surface area contributed by atoms with Crippen LogP contribution >= 0.6 is 11.6 Å². The normalized spacial score (nSPS) is 14.2. The van der Waals surface area contributed by atoms with Gasteiger partial charge < -0.3 is 15.5 Å². The van der Waals surface area contributed by atoms with Gasteiger partial charge in [-0.1, -0.05) is 29.8 Å². The Morgan fingerprint density at radius 1 is 1.13 bits per heavy atom. The SMILES string of the molecule is Cc1cccc([C@@H](C)NC(=O)[C@@H](C)N2Cc3ccc(-c4nc(Nc5cnn(C)c5)ncc4Cl)cc3C2=O)n1. The van der Waals surface area contributed by atoms with E-state index in [0.717, 1.165) is 22.6 Å². The second-order valence-electron chi connectivity index (χ2n) is 9.33. The summed E-state index contributed by atoms with van der Waals surface area (Å²) in [5.41, 5.74) is 4.91. The monoisotopic (exact) mass is 530 g/mol. The number of hydrogen-bond donors (Lipinski definition) is 2. The molecule has 0 saturated heterocycles. The number of nitrogens with zero attached hydrogens (tertiary/aromatic N) is 6. The summed E-state index contributed by atoms with van der Waals surface area (Å²) in [6, 6.07) is 10.2. The second-order valence-corrected chi connectivity index (χ2v) is 9.74. The standard InChI is InChI=1S/C27H27ClN8O2/c1-15-6-5-7-23(31-15)16(2)32-25(37)17(3)36-13-19-9-8-18(10-21(19)26(36)38)24-22(28)12-29-27(34-24)33-20-11-30-35(4)14-20/h5-12,14,16-17H,13H2,1-4H3,(H,32,37)(H,29,33,34)/t16-,17-/m1/s1. The largest absolute Gasteiger partial charge is 0.346 e. The van der Waals surface area contributed by atoms with E-state index in [1.807, 2.05) is 51.2 Å². The number of benzene rings is 1. The summed E-state index contributed by atoms with van der Waals surface area (Å²) in [5.74, 6) is -0.106. The van der Waals surface area contributed by atoms with Gasteiger partial charge in [0.1, 0.15) is 6.04 Å². The number of carbonyl (C=O) groups excluding carboxylic acids is 2. The van der Waals surface area contributed by atoms with E-state index in [4.69, 9.17) is 11.6 Å². The third kappa shape index (κ3) is 5.08. The van der Waals surface area contributed by atoms with Crippen LogP contribution in [0.15, 0.2) is 55.0 Å². The van der Waals surface area contributed by atoms with Crippen LogP contribution in [0.25, 0.3) is 11.3 Å². The molecule has 0 spiro atoms. The number of rotatable bonds is 7. The molecular weight excluding hydrogens is 504 g/mol. The minimum Gasteiger partial charge on any atom is -0.346 e. The number of amides is 2. The first-order chi connectivity index (χ1) is 18.2. The molecule has 2 atom stereocenters. The van der Waals surface area contributed by atoms with Crippen molar-refractivity contribution in [3.8, 4) is 11.3 Å². The minimum atomic E-state index is -0.663. The molecule has 2 amide bonds. The Morgan fingerprint density at radius 3 is 2.68 bits per heavy atom. The molecule has 1 aromatic carbocycles. The number of halogens is 1. The van der Waals surface area contributed by atoms with Crippen molar-refractivity contribution in [1.82, 2.24) is 34.9 Å². The van der Waals surface area contributed by atoms with Crippen molar-refractivity contribution in [2.45, 2.75) is 39.4 Å². The molecule has 0 aliphatic carbocycles. The molecule has 0 radical (unpaired) electrons. The van der Waals surface area contributed by atoms with Gasteiger partial charge in [0.15, 0.2) is 0 Å². The molecule has 0 unspecified atom stereocenters. The van der Waals surface area contributed by atoms with Crippen molar-refractivity contribution in [1.29, 1.82) is 0 Å². The summed E-state index contributed by atoms with van der Waals surface area (Å²) >= 11 is 6.43. The van der Waals surface area contributed by atoms with Crippen LogP contribution in [-0.2, 0) is 18.4 Å². The van der Waals surface area contributed by atoms with Crippen LogP contribution in [0.4, 0.5) is 11.6 Å². The lowest BCUT2D eigenvalue weighted by Gasteiger charge is -2.25. The van der Waals surface area contributed by atoms with Gasteiger partial charge in [0.05, 0.1) is 40.5 Å². The third-order valence-electron chi connectivity index (χ3n) is 6.48. The molecule has 4 aromatic rings. The van der Waals surface area contributed by atoms with Crippen LogP contribution < -0.4 is 10.6 Å². The second kappa shape index (κ2) is 10.2. The van der Waals surface area contributed by atoms with Gasteiger partial charge in [0.2, 0.25) is 11.9 Å². The van der Waals surface area contributed by atoms with Gasteiger partial charge in [-0.3, -0.25) is 19.3 Å². The molecule has 194 valence electrons. The molecule has 1 aliphatic heterocycles. The van der Waals surface area contributed by atoms with E-state index in [9.17, 15) is 9.59 Å². The van der Waals surface area contributed by atoms with Crippen molar-refractivity contribution in [2.24, 2.45) is 7.05 Å². The molecule has 38 heavy (non-hydrogen) atoms. The van der Waals surface area contributed by atoms with Crippen LogP contribution in [0, 0.1) is 6.92 Å². The summed E-state index contributed by atoms with van der Waals surface area (Å²) in [4.78, 5) is 41.3. The van der Waals surface area contributed by atoms with Crippen molar-refractivity contribution >= 4 is 35.1 Å². The van der Waals surface area contributed by atoms with Crippen LogP contribution in [0.2, 0.25) is 5.02 Å². The van der Waals surface area contributed by atoms with E-state index >= 15 is 0 Å². The lowest BCUT2D eigenvalue weighted by molar-refractivity contribution is -0.125. The van der Waals surface area contributed by atoms with E-state index in [2.05, 4.69) is 30.7 Å². The van der Waals surface area contributed by atoms with Crippen molar-refractivity contribution in [2.75, 3.05) is 5.32 Å². The molecule has 5 rings (SSSR count). The Morgan fingerprint density at radius 2 is 1.95 bits per heavy atom. The van der Waals surface area contributed by atoms with Gasteiger partial charge in [-0.05, 0) is 44.5 Å². The van der Waals surface area contributed by atoms with Gasteiger partial charge >= 0.3 is 0 Å². The maximum absolute atomic E-state index is 13.4. The Kier molecular flexibility index (Phi) is 6.81. The van der Waals surface area contributed by atoms with Gasteiger partial charge in [-0.15, -0.1) is 0 Å². The average molecular weight is 531 g/mol. The summed E-state index contributed by atoms with van der Waals surface area (Å²) in [6.07, 6.45) is 4.98. The maximum Gasteiger partial charge on any atom is 0.255 e. The number of anilines is 2. The smallest absolute Gasteiger partial charge is 0.255 e. The number of carbonyl (C=O) groups is 2. The molecule has 0 saturated carbocycles. The Balaban J connectivity index is 1.33. The molecule has 4 heterocycles. The third-order valence-corrected chi connectivity index (χ3v) is 6.76. The molecule has 1 aliphatic rings. The van der Waals surface area contributed by atoms with Gasteiger partial charge in [-0.2, -0.15) is 5.10 Å². The predicted molar refractivity (Wildman–Crippen MR) is 144 cm³/mol. The fraction of sp³-hybridized carbons (Fsp3) is 0.259. The van der Waals surface area contributed by atoms with Crippen molar-refractivity contribution < 1.29 is 9.59 Å². The zero-order chi connectivity index (χ0) is 27.0. The fourth-order valence-corrected chi connectivity index (χ4v) is 4.58. The number of fused-ring (bicyclic) bond motifs is 1. The molecule has 3 aromatic heterocycles. The van der Waals surface area contributed by atoms with Crippen LogP contribution in [0.5, 0.6) is 0 Å². The highest BCUT2D eigenvalue weighted by atomic mass is 35.5. The minimum absolute atomic E-state index is 0.218. The quantitative estimate of drug-likeness (QED) is 0.367. The Labute approximate surface area is 225 Å². The maximum atomic E-state index is 13.4. The first kappa shape index (κ1) is 25.3. The Bertz CT molecular complexity index is 1540. The summed E-state index contributed by atoms with van der Waals surface area (Å²) in [6.45, 7) is 5.85. The molecule has 0 fully saturated rings. The topological polar surface area (TPSA) is 118 Å². The van der Waals surface area contributed by atoms with Crippen molar-refractivity contribution in [3.05, 3.63) is 82.5 Å². The van der Waals surface area contributed by atoms with Crippen LogP contribution in [0.1, 0.15) is 47.2 Å². The molecule has 0 bridgehead atoms. The highest BCUT2D eigenvalue weighted by Gasteiger charge is 2.34. The molecular formula is C27H27ClN8O2. The first-order valence-corrected chi connectivity index (χ1v) is 12.5. The van der Waals surface area contributed by atoms with Gasteiger partial charge in [0, 0.05) is 36.6 Å². The van der Waals surface area contributed by atoms with Gasteiger partial charge in [0.25, 0.3) is 5.91 Å². The van der Waals surface area contributed by atoms with E-state index in [-0.39, 0.29) is 17.9 Å². The zero-order valence-electron chi connectivity index (χ0n) is 21.4. The van der Waals surface area contributed by atoms with Crippen LogP contribution in [-0.4, -0.2) is 47.5 Å². The number of aromatic nitrogens is 5. The number of nitrogens with one attached hydrogen (secondary N) is 2. The lowest BCUT2D eigenvalue weighted by atomic mass is 10.0. The lowest BCUT2D eigenvalue weighted by Crippen LogP contribution is -2.46. The molecule has 10 nitrogen and oxygen atoms in total. The number of aryl methyl sites for hydroxylation is 2. The number of hydrogen-bond acceptors (Lipinski definition) is 7. The molecule has 2 N–H and O–H groups in total. The fourth-order valence-electron chi connectivity index (χ4n) is 4.38. The van der Waals surface area contributed by atoms with E-state index in [0.29, 0.717) is 34.3 Å². The zero-order valence-corrected chi connectivity index (χ0v) is 22.2.